The molecule has 0 amide bonds. The number of phenolic OH excluding ortho intramolecular Hbond substituents is 2. The number of fused-ring (bicyclic) bond motifs is 1. The minimum absolute atomic E-state index is 0.0169. The van der Waals surface area contributed by atoms with E-state index in [1.165, 1.54) is 0 Å². The second-order valence-corrected chi connectivity index (χ2v) is 3.30. The molecule has 2 rings (SSSR count). The number of hydrogen-bond donors (Lipinski definition) is 2. The molecule has 0 saturated heterocycles. The molecule has 1 aromatic carbocycles. The Hall–Kier alpha value is -1.38. The minimum Gasteiger partial charge on any atom is -0.504 e. The third kappa shape index (κ3) is 1.20. The molecular formula is C10H13NO2. The van der Waals surface area contributed by atoms with Crippen molar-refractivity contribution < 1.29 is 10.2 Å². The van der Waals surface area contributed by atoms with Crippen LogP contribution in [0.3, 0.4) is 0 Å². The van der Waals surface area contributed by atoms with Crippen LogP contribution < -0.4 is 4.90 Å². The van der Waals surface area contributed by atoms with E-state index in [0.717, 1.165) is 30.8 Å². The van der Waals surface area contributed by atoms with E-state index in [1.54, 1.807) is 12.1 Å². The van der Waals surface area contributed by atoms with Crippen LogP contribution in [0, 0.1) is 0 Å². The van der Waals surface area contributed by atoms with Crippen molar-refractivity contribution >= 4 is 5.69 Å². The number of aromatic hydroxyl groups is 2. The Bertz CT molecular complexity index is 336. The van der Waals surface area contributed by atoms with Crippen LogP contribution in [0.5, 0.6) is 11.5 Å². The fourth-order valence-electron chi connectivity index (χ4n) is 1.81. The van der Waals surface area contributed by atoms with Gasteiger partial charge in [0.15, 0.2) is 11.5 Å². The van der Waals surface area contributed by atoms with Gasteiger partial charge in [0.25, 0.3) is 0 Å². The summed E-state index contributed by atoms with van der Waals surface area (Å²) in [5.74, 6) is -0.0456. The van der Waals surface area contributed by atoms with Gasteiger partial charge in [-0.1, -0.05) is 0 Å². The van der Waals surface area contributed by atoms with Gasteiger partial charge >= 0.3 is 0 Å². The fourth-order valence-corrected chi connectivity index (χ4v) is 1.81. The first-order valence-corrected chi connectivity index (χ1v) is 4.52. The van der Waals surface area contributed by atoms with Gasteiger partial charge in [0.05, 0.1) is 0 Å². The molecule has 13 heavy (non-hydrogen) atoms. The molecule has 0 aromatic heterocycles. The molecule has 2 N–H and O–H groups in total. The molecule has 0 radical (unpaired) electrons. The molecule has 1 aliphatic rings. The summed E-state index contributed by atoms with van der Waals surface area (Å²) in [5, 5.41) is 18.6. The molecule has 0 bridgehead atoms. The van der Waals surface area contributed by atoms with Crippen molar-refractivity contribution in [3.8, 4) is 11.5 Å². The van der Waals surface area contributed by atoms with E-state index >= 15 is 0 Å². The van der Waals surface area contributed by atoms with Crippen LogP contribution in [0.1, 0.15) is 12.5 Å². The molecule has 3 heteroatoms. The van der Waals surface area contributed by atoms with E-state index in [1.807, 2.05) is 0 Å². The average molecular weight is 179 g/mol. The van der Waals surface area contributed by atoms with Crippen molar-refractivity contribution in [1.82, 2.24) is 0 Å². The van der Waals surface area contributed by atoms with E-state index in [2.05, 4.69) is 11.8 Å². The minimum atomic E-state index is -0.0286. The molecular weight excluding hydrogens is 166 g/mol. The number of rotatable bonds is 1. The van der Waals surface area contributed by atoms with Gasteiger partial charge in [0.2, 0.25) is 0 Å². The lowest BCUT2D eigenvalue weighted by molar-refractivity contribution is 0.403. The monoisotopic (exact) mass is 179 g/mol. The lowest BCUT2D eigenvalue weighted by atomic mass is 10.1. The van der Waals surface area contributed by atoms with Crippen molar-refractivity contribution in [1.29, 1.82) is 0 Å². The average Bonchev–Trinajstić information content (AvgIpc) is 2.48. The predicted molar refractivity (Wildman–Crippen MR) is 51.4 cm³/mol. The maximum absolute atomic E-state index is 9.32. The highest BCUT2D eigenvalue weighted by Gasteiger charge is 2.19. The topological polar surface area (TPSA) is 43.7 Å². The van der Waals surface area contributed by atoms with Gasteiger partial charge in [0, 0.05) is 24.8 Å². The molecule has 70 valence electrons. The zero-order valence-electron chi connectivity index (χ0n) is 7.62. The lowest BCUT2D eigenvalue weighted by Crippen LogP contribution is -2.18. The molecule has 3 nitrogen and oxygen atoms in total. The van der Waals surface area contributed by atoms with Gasteiger partial charge < -0.3 is 15.1 Å². The third-order valence-electron chi connectivity index (χ3n) is 2.55. The number of anilines is 1. The zero-order valence-corrected chi connectivity index (χ0v) is 7.62. The van der Waals surface area contributed by atoms with Crippen LogP contribution in [0.4, 0.5) is 5.69 Å². The highest BCUT2D eigenvalue weighted by Crippen LogP contribution is 2.36. The van der Waals surface area contributed by atoms with Crippen LogP contribution in [-0.4, -0.2) is 23.3 Å². The fraction of sp³-hybridized carbons (Fsp3) is 0.400. The van der Waals surface area contributed by atoms with Crippen molar-refractivity contribution in [2.45, 2.75) is 13.3 Å². The van der Waals surface area contributed by atoms with Crippen molar-refractivity contribution in [3.05, 3.63) is 17.7 Å². The molecule has 0 fully saturated rings. The second-order valence-electron chi connectivity index (χ2n) is 3.30. The summed E-state index contributed by atoms with van der Waals surface area (Å²) < 4.78 is 0. The number of phenols is 2. The molecule has 0 spiro atoms. The van der Waals surface area contributed by atoms with Crippen LogP contribution in [0.15, 0.2) is 12.1 Å². The van der Waals surface area contributed by atoms with Crippen molar-refractivity contribution in [3.63, 3.8) is 0 Å². The summed E-state index contributed by atoms with van der Waals surface area (Å²) in [5.41, 5.74) is 2.18. The molecule has 1 aromatic rings. The van der Waals surface area contributed by atoms with E-state index in [4.69, 9.17) is 0 Å². The number of benzene rings is 1. The smallest absolute Gasteiger partial charge is 0.159 e. The Balaban J connectivity index is 2.47. The van der Waals surface area contributed by atoms with Crippen LogP contribution >= 0.6 is 0 Å². The van der Waals surface area contributed by atoms with E-state index in [-0.39, 0.29) is 11.5 Å². The molecule has 0 atom stereocenters. The Kier molecular flexibility index (Phi) is 1.79. The normalized spacial score (nSPS) is 14.7. The molecule has 0 aliphatic carbocycles. The summed E-state index contributed by atoms with van der Waals surface area (Å²) in [7, 11) is 0. The highest BCUT2D eigenvalue weighted by molar-refractivity contribution is 5.64. The summed E-state index contributed by atoms with van der Waals surface area (Å²) in [6.07, 6.45) is 0.955. The molecule has 0 saturated carbocycles. The molecule has 0 unspecified atom stereocenters. The summed E-state index contributed by atoms with van der Waals surface area (Å²) in [4.78, 5) is 2.19. The quantitative estimate of drug-likeness (QED) is 0.642. The Morgan fingerprint density at radius 1 is 1.31 bits per heavy atom. The maximum atomic E-state index is 9.32. The number of hydrogen-bond acceptors (Lipinski definition) is 3. The first-order valence-electron chi connectivity index (χ1n) is 4.52. The first kappa shape index (κ1) is 8.23. The molecule has 1 aliphatic heterocycles. The first-order chi connectivity index (χ1) is 6.22. The van der Waals surface area contributed by atoms with Crippen molar-refractivity contribution in [2.24, 2.45) is 0 Å². The largest absolute Gasteiger partial charge is 0.504 e. The van der Waals surface area contributed by atoms with Gasteiger partial charge in [0.1, 0.15) is 0 Å². The maximum Gasteiger partial charge on any atom is 0.159 e. The number of nitrogens with zero attached hydrogens (tertiary/aromatic N) is 1. The van der Waals surface area contributed by atoms with E-state index in [9.17, 15) is 10.2 Å². The highest BCUT2D eigenvalue weighted by atomic mass is 16.3. The zero-order chi connectivity index (χ0) is 9.42. The predicted octanol–water partition coefficient (Wildman–Crippen LogP) is 1.48. The Morgan fingerprint density at radius 2 is 2.00 bits per heavy atom. The van der Waals surface area contributed by atoms with Gasteiger partial charge in [-0.15, -0.1) is 0 Å². The van der Waals surface area contributed by atoms with E-state index in [0.29, 0.717) is 0 Å². The van der Waals surface area contributed by atoms with Gasteiger partial charge in [-0.2, -0.15) is 0 Å². The standard InChI is InChI=1S/C10H13NO2/c1-2-11-4-3-7-5-9(12)10(13)6-8(7)11/h5-6,12-13H,2-4H2,1H3. The van der Waals surface area contributed by atoms with Gasteiger partial charge in [-0.3, -0.25) is 0 Å². The van der Waals surface area contributed by atoms with Crippen LogP contribution in [0.2, 0.25) is 0 Å². The van der Waals surface area contributed by atoms with E-state index < -0.39 is 0 Å². The van der Waals surface area contributed by atoms with Crippen molar-refractivity contribution in [2.75, 3.05) is 18.0 Å². The number of likely N-dealkylation sites (N-methyl/N-ethyl adjacent to an activating group) is 1. The Labute approximate surface area is 77.2 Å². The summed E-state index contributed by atoms with van der Waals surface area (Å²) in [6, 6.07) is 3.29. The Morgan fingerprint density at radius 3 is 2.69 bits per heavy atom. The summed E-state index contributed by atoms with van der Waals surface area (Å²) in [6.45, 7) is 4.00. The summed E-state index contributed by atoms with van der Waals surface area (Å²) >= 11 is 0. The van der Waals surface area contributed by atoms with Crippen LogP contribution in [-0.2, 0) is 6.42 Å². The van der Waals surface area contributed by atoms with Gasteiger partial charge in [-0.05, 0) is 25.0 Å². The second kappa shape index (κ2) is 2.83. The van der Waals surface area contributed by atoms with Crippen LogP contribution in [0.25, 0.3) is 0 Å². The third-order valence-corrected chi connectivity index (χ3v) is 2.55. The SMILES string of the molecule is CCN1CCc2cc(O)c(O)cc21. The molecule has 1 heterocycles. The van der Waals surface area contributed by atoms with Gasteiger partial charge in [-0.25, -0.2) is 0 Å². The lowest BCUT2D eigenvalue weighted by Gasteiger charge is -2.16.